The Bertz CT molecular complexity index is 440. The Balaban J connectivity index is 2.62. The van der Waals surface area contributed by atoms with Gasteiger partial charge in [0, 0.05) is 18.9 Å². The van der Waals surface area contributed by atoms with Crippen molar-refractivity contribution in [3.05, 3.63) is 33.9 Å². The van der Waals surface area contributed by atoms with E-state index in [0.29, 0.717) is 18.6 Å². The first kappa shape index (κ1) is 9.19. The second-order valence-corrected chi connectivity index (χ2v) is 4.52. The van der Waals surface area contributed by atoms with Crippen LogP contribution in [0.1, 0.15) is 36.4 Å². The van der Waals surface area contributed by atoms with Gasteiger partial charge in [0.1, 0.15) is 11.3 Å². The van der Waals surface area contributed by atoms with Crippen molar-refractivity contribution in [2.45, 2.75) is 26.7 Å². The van der Waals surface area contributed by atoms with E-state index in [9.17, 15) is 9.59 Å². The molecule has 3 heteroatoms. The van der Waals surface area contributed by atoms with Crippen LogP contribution in [0.3, 0.4) is 0 Å². The predicted octanol–water partition coefficient (Wildman–Crippen LogP) is 1.79. The second-order valence-electron chi connectivity index (χ2n) is 4.52. The highest BCUT2D eigenvalue weighted by Gasteiger charge is 2.33. The number of hydrogen-bond acceptors (Lipinski definition) is 3. The minimum atomic E-state index is -0.216. The smallest absolute Gasteiger partial charge is 0.195 e. The Morgan fingerprint density at radius 1 is 1.29 bits per heavy atom. The van der Waals surface area contributed by atoms with Gasteiger partial charge < -0.3 is 4.42 Å². The predicted molar refractivity (Wildman–Crippen MR) is 51.4 cm³/mol. The molecule has 0 bridgehead atoms. The van der Waals surface area contributed by atoms with Gasteiger partial charge in [0.05, 0.1) is 6.26 Å². The molecule has 0 amide bonds. The molecule has 1 aliphatic carbocycles. The monoisotopic (exact) mass is 192 g/mol. The maximum absolute atomic E-state index is 11.7. The fraction of sp³-hybridized carbons (Fsp3) is 0.455. The standard InChI is InChI=1S/C11H12O3/c1-11(2)5-8(13)10-7(12)3-4-14-9(10)6-11/h3-4H,5-6H2,1-2H3. The lowest BCUT2D eigenvalue weighted by molar-refractivity contribution is 0.0897. The van der Waals surface area contributed by atoms with Crippen LogP contribution in [0.2, 0.25) is 0 Å². The molecular weight excluding hydrogens is 180 g/mol. The van der Waals surface area contributed by atoms with Crippen molar-refractivity contribution in [3.63, 3.8) is 0 Å². The lowest BCUT2D eigenvalue weighted by Gasteiger charge is -2.27. The van der Waals surface area contributed by atoms with Crippen molar-refractivity contribution in [2.24, 2.45) is 5.41 Å². The van der Waals surface area contributed by atoms with E-state index >= 15 is 0 Å². The zero-order valence-corrected chi connectivity index (χ0v) is 8.29. The molecule has 74 valence electrons. The molecule has 0 N–H and O–H groups in total. The first-order valence-corrected chi connectivity index (χ1v) is 4.63. The number of fused-ring (bicyclic) bond motifs is 1. The van der Waals surface area contributed by atoms with Crippen LogP contribution < -0.4 is 5.43 Å². The number of carbonyl (C=O) groups excluding carboxylic acids is 1. The molecule has 0 unspecified atom stereocenters. The van der Waals surface area contributed by atoms with E-state index in [-0.39, 0.29) is 22.2 Å². The van der Waals surface area contributed by atoms with Crippen LogP contribution in [0.5, 0.6) is 0 Å². The first-order chi connectivity index (χ1) is 6.49. The van der Waals surface area contributed by atoms with Crippen LogP contribution in [-0.2, 0) is 6.42 Å². The molecule has 1 aliphatic rings. The van der Waals surface area contributed by atoms with Crippen molar-refractivity contribution in [1.29, 1.82) is 0 Å². The maximum Gasteiger partial charge on any atom is 0.195 e. The van der Waals surface area contributed by atoms with Crippen molar-refractivity contribution in [3.8, 4) is 0 Å². The fourth-order valence-electron chi connectivity index (χ4n) is 1.90. The molecular formula is C11H12O3. The Morgan fingerprint density at radius 2 is 2.00 bits per heavy atom. The molecule has 0 fully saturated rings. The van der Waals surface area contributed by atoms with Gasteiger partial charge in [-0.15, -0.1) is 0 Å². The fourth-order valence-corrected chi connectivity index (χ4v) is 1.90. The minimum Gasteiger partial charge on any atom is -0.468 e. The number of ketones is 1. The Morgan fingerprint density at radius 3 is 2.71 bits per heavy atom. The number of carbonyl (C=O) groups is 1. The van der Waals surface area contributed by atoms with E-state index in [0.717, 1.165) is 0 Å². The molecule has 2 rings (SSSR count). The zero-order chi connectivity index (χ0) is 10.3. The molecule has 1 heterocycles. The Hall–Kier alpha value is -1.38. The molecule has 0 saturated heterocycles. The summed E-state index contributed by atoms with van der Waals surface area (Å²) >= 11 is 0. The van der Waals surface area contributed by atoms with Crippen molar-refractivity contribution in [1.82, 2.24) is 0 Å². The average Bonchev–Trinajstić information content (AvgIpc) is 2.00. The van der Waals surface area contributed by atoms with Crippen LogP contribution in [0.15, 0.2) is 21.5 Å². The molecule has 0 saturated carbocycles. The van der Waals surface area contributed by atoms with E-state index in [2.05, 4.69) is 0 Å². The molecule has 1 aromatic rings. The number of hydrogen-bond donors (Lipinski definition) is 0. The van der Waals surface area contributed by atoms with Gasteiger partial charge in [-0.05, 0) is 5.41 Å². The first-order valence-electron chi connectivity index (χ1n) is 4.63. The molecule has 3 nitrogen and oxygen atoms in total. The van der Waals surface area contributed by atoms with E-state index in [1.54, 1.807) is 0 Å². The van der Waals surface area contributed by atoms with Gasteiger partial charge in [0.15, 0.2) is 11.2 Å². The third-order valence-electron chi connectivity index (χ3n) is 2.51. The highest BCUT2D eigenvalue weighted by Crippen LogP contribution is 2.32. The van der Waals surface area contributed by atoms with Crippen molar-refractivity contribution in [2.75, 3.05) is 0 Å². The topological polar surface area (TPSA) is 47.3 Å². The van der Waals surface area contributed by atoms with E-state index in [1.165, 1.54) is 12.3 Å². The van der Waals surface area contributed by atoms with Crippen LogP contribution in [0, 0.1) is 5.41 Å². The highest BCUT2D eigenvalue weighted by molar-refractivity contribution is 5.98. The van der Waals surface area contributed by atoms with Gasteiger partial charge in [-0.25, -0.2) is 0 Å². The maximum atomic E-state index is 11.7. The van der Waals surface area contributed by atoms with E-state index in [4.69, 9.17) is 4.42 Å². The zero-order valence-electron chi connectivity index (χ0n) is 8.29. The van der Waals surface area contributed by atoms with Gasteiger partial charge in [-0.2, -0.15) is 0 Å². The summed E-state index contributed by atoms with van der Waals surface area (Å²) in [5.41, 5.74) is -0.0555. The molecule has 0 spiro atoms. The molecule has 0 aliphatic heterocycles. The third-order valence-corrected chi connectivity index (χ3v) is 2.51. The van der Waals surface area contributed by atoms with E-state index in [1.807, 2.05) is 13.8 Å². The lowest BCUT2D eigenvalue weighted by Crippen LogP contribution is -2.31. The molecule has 0 aromatic carbocycles. The van der Waals surface area contributed by atoms with Crippen molar-refractivity contribution < 1.29 is 9.21 Å². The summed E-state index contributed by atoms with van der Waals surface area (Å²) < 4.78 is 5.22. The SMILES string of the molecule is CC1(C)CC(=O)c2c(occc2=O)C1. The van der Waals surface area contributed by atoms with E-state index < -0.39 is 0 Å². The summed E-state index contributed by atoms with van der Waals surface area (Å²) in [7, 11) is 0. The Labute approximate surface area is 81.7 Å². The summed E-state index contributed by atoms with van der Waals surface area (Å²) in [5, 5.41) is 0. The lowest BCUT2D eigenvalue weighted by atomic mass is 9.76. The normalized spacial score (nSPS) is 19.1. The van der Waals surface area contributed by atoms with Gasteiger partial charge in [0.2, 0.25) is 0 Å². The number of rotatable bonds is 0. The molecule has 14 heavy (non-hydrogen) atoms. The highest BCUT2D eigenvalue weighted by atomic mass is 16.3. The van der Waals surface area contributed by atoms with Gasteiger partial charge in [-0.3, -0.25) is 9.59 Å². The third kappa shape index (κ3) is 1.39. The van der Waals surface area contributed by atoms with Crippen LogP contribution in [0.4, 0.5) is 0 Å². The summed E-state index contributed by atoms with van der Waals surface area (Å²) in [6, 6.07) is 1.30. The Kier molecular flexibility index (Phi) is 1.84. The summed E-state index contributed by atoms with van der Waals surface area (Å²) in [4.78, 5) is 23.1. The molecule has 1 aromatic heterocycles. The van der Waals surface area contributed by atoms with Gasteiger partial charge >= 0.3 is 0 Å². The summed E-state index contributed by atoms with van der Waals surface area (Å²) in [6.07, 6.45) is 2.44. The largest absolute Gasteiger partial charge is 0.468 e. The quantitative estimate of drug-likeness (QED) is 0.629. The van der Waals surface area contributed by atoms with Crippen LogP contribution >= 0.6 is 0 Å². The van der Waals surface area contributed by atoms with Gasteiger partial charge in [-0.1, -0.05) is 13.8 Å². The molecule has 0 radical (unpaired) electrons. The summed E-state index contributed by atoms with van der Waals surface area (Å²) in [6.45, 7) is 4.00. The van der Waals surface area contributed by atoms with Crippen LogP contribution in [-0.4, -0.2) is 5.78 Å². The van der Waals surface area contributed by atoms with Gasteiger partial charge in [0.25, 0.3) is 0 Å². The van der Waals surface area contributed by atoms with Crippen LogP contribution in [0.25, 0.3) is 0 Å². The number of Topliss-reactive ketones (excluding diaryl/α,β-unsaturated/α-hetero) is 1. The average molecular weight is 192 g/mol. The summed E-state index contributed by atoms with van der Waals surface area (Å²) in [5.74, 6) is 0.448. The molecule has 0 atom stereocenters. The minimum absolute atomic E-state index is 0.0920. The van der Waals surface area contributed by atoms with Crippen molar-refractivity contribution >= 4 is 5.78 Å². The second kappa shape index (κ2) is 2.80.